The van der Waals surface area contributed by atoms with Crippen LogP contribution in [0.15, 0.2) is 24.3 Å². The van der Waals surface area contributed by atoms with Crippen molar-refractivity contribution < 1.29 is 9.53 Å². The average Bonchev–Trinajstić information content (AvgIpc) is 2.39. The van der Waals surface area contributed by atoms with Crippen molar-refractivity contribution >= 4 is 28.4 Å². The Morgan fingerprint density at radius 1 is 1.28 bits per heavy atom. The summed E-state index contributed by atoms with van der Waals surface area (Å²) in [5, 5.41) is 0. The van der Waals surface area contributed by atoms with Crippen LogP contribution in [0.1, 0.15) is 49.4 Å². The third-order valence-corrected chi connectivity index (χ3v) is 4.00. The van der Waals surface area contributed by atoms with Gasteiger partial charge in [-0.15, -0.1) is 0 Å². The molecule has 0 saturated heterocycles. The lowest BCUT2D eigenvalue weighted by molar-refractivity contribution is 0.0982. The standard InChI is InChI=1S/C15H21IO2/c1-3-4-5-6-13(16)11-15(17)12-7-9-14(18-2)10-8-12/h7-10,13H,3-6,11H2,1-2H3. The van der Waals surface area contributed by atoms with Crippen LogP contribution in [-0.2, 0) is 0 Å². The van der Waals surface area contributed by atoms with Crippen molar-refractivity contribution in [1.82, 2.24) is 0 Å². The SMILES string of the molecule is CCCCCC(I)CC(=O)c1ccc(OC)cc1. The number of ketones is 1. The van der Waals surface area contributed by atoms with E-state index in [1.807, 2.05) is 24.3 Å². The Morgan fingerprint density at radius 2 is 1.94 bits per heavy atom. The number of hydrogen-bond acceptors (Lipinski definition) is 2. The van der Waals surface area contributed by atoms with Crippen molar-refractivity contribution in [2.75, 3.05) is 7.11 Å². The van der Waals surface area contributed by atoms with Crippen LogP contribution in [0, 0.1) is 0 Å². The van der Waals surface area contributed by atoms with Gasteiger partial charge in [-0.05, 0) is 30.7 Å². The number of unbranched alkanes of at least 4 members (excludes halogenated alkanes) is 2. The number of rotatable bonds is 8. The fourth-order valence-electron chi connectivity index (χ4n) is 1.81. The fraction of sp³-hybridized carbons (Fsp3) is 0.533. The van der Waals surface area contributed by atoms with Gasteiger partial charge in [-0.25, -0.2) is 0 Å². The Morgan fingerprint density at radius 3 is 2.50 bits per heavy atom. The first-order valence-electron chi connectivity index (χ1n) is 6.48. The van der Waals surface area contributed by atoms with E-state index in [-0.39, 0.29) is 5.78 Å². The molecule has 0 heterocycles. The van der Waals surface area contributed by atoms with Crippen LogP contribution in [0.5, 0.6) is 5.75 Å². The monoisotopic (exact) mass is 360 g/mol. The normalized spacial score (nSPS) is 12.2. The van der Waals surface area contributed by atoms with Gasteiger partial charge in [-0.1, -0.05) is 48.8 Å². The second-order valence-electron chi connectivity index (χ2n) is 4.45. The highest BCUT2D eigenvalue weighted by molar-refractivity contribution is 14.1. The lowest BCUT2D eigenvalue weighted by atomic mass is 10.0. The third kappa shape index (κ3) is 5.38. The molecule has 0 aromatic heterocycles. The molecule has 1 aromatic rings. The van der Waals surface area contributed by atoms with Crippen LogP contribution >= 0.6 is 22.6 Å². The molecule has 1 unspecified atom stereocenters. The molecule has 0 aliphatic heterocycles. The smallest absolute Gasteiger partial charge is 0.163 e. The molecule has 0 aliphatic carbocycles. The average molecular weight is 360 g/mol. The first kappa shape index (κ1) is 15.5. The van der Waals surface area contributed by atoms with Gasteiger partial charge in [-0.2, -0.15) is 0 Å². The lowest BCUT2D eigenvalue weighted by Crippen LogP contribution is -2.08. The minimum Gasteiger partial charge on any atom is -0.497 e. The fourth-order valence-corrected chi connectivity index (χ4v) is 2.65. The Labute approximate surface area is 123 Å². The summed E-state index contributed by atoms with van der Waals surface area (Å²) in [5.74, 6) is 1.02. The van der Waals surface area contributed by atoms with Gasteiger partial charge in [0.05, 0.1) is 7.11 Å². The summed E-state index contributed by atoms with van der Waals surface area (Å²) in [5.41, 5.74) is 0.785. The molecule has 0 aliphatic rings. The first-order chi connectivity index (χ1) is 8.67. The van der Waals surface area contributed by atoms with Crippen molar-refractivity contribution in [2.45, 2.75) is 43.0 Å². The van der Waals surface area contributed by atoms with Crippen molar-refractivity contribution in [3.63, 3.8) is 0 Å². The Kier molecular flexibility index (Phi) is 7.32. The van der Waals surface area contributed by atoms with Gasteiger partial charge in [0.2, 0.25) is 0 Å². The molecule has 3 heteroatoms. The first-order valence-corrected chi connectivity index (χ1v) is 7.73. The second kappa shape index (κ2) is 8.51. The third-order valence-electron chi connectivity index (χ3n) is 2.94. The van der Waals surface area contributed by atoms with Crippen molar-refractivity contribution in [3.8, 4) is 5.75 Å². The van der Waals surface area contributed by atoms with E-state index in [1.165, 1.54) is 19.3 Å². The minimum absolute atomic E-state index is 0.230. The van der Waals surface area contributed by atoms with E-state index in [0.29, 0.717) is 10.3 Å². The van der Waals surface area contributed by atoms with Gasteiger partial charge < -0.3 is 4.74 Å². The summed E-state index contributed by atoms with van der Waals surface area (Å²) in [6, 6.07) is 7.37. The molecule has 0 saturated carbocycles. The van der Waals surface area contributed by atoms with E-state index in [2.05, 4.69) is 29.5 Å². The van der Waals surface area contributed by atoms with Crippen LogP contribution in [0.3, 0.4) is 0 Å². The molecule has 100 valence electrons. The minimum atomic E-state index is 0.230. The number of alkyl halides is 1. The zero-order chi connectivity index (χ0) is 13.4. The van der Waals surface area contributed by atoms with Gasteiger partial charge in [0.1, 0.15) is 5.75 Å². The largest absolute Gasteiger partial charge is 0.497 e. The van der Waals surface area contributed by atoms with E-state index < -0.39 is 0 Å². The number of carbonyl (C=O) groups is 1. The van der Waals surface area contributed by atoms with Gasteiger partial charge in [0.25, 0.3) is 0 Å². The summed E-state index contributed by atoms with van der Waals surface area (Å²) in [7, 11) is 1.63. The highest BCUT2D eigenvalue weighted by atomic mass is 127. The van der Waals surface area contributed by atoms with Crippen LogP contribution in [0.4, 0.5) is 0 Å². The quantitative estimate of drug-likeness (QED) is 0.292. The molecule has 0 spiro atoms. The molecule has 1 aromatic carbocycles. The maximum atomic E-state index is 12.0. The molecule has 0 N–H and O–H groups in total. The number of ether oxygens (including phenoxy) is 1. The zero-order valence-electron chi connectivity index (χ0n) is 11.1. The number of hydrogen-bond donors (Lipinski definition) is 0. The summed E-state index contributed by atoms with van der Waals surface area (Å²) in [4.78, 5) is 12.0. The van der Waals surface area contributed by atoms with Crippen LogP contribution in [-0.4, -0.2) is 16.8 Å². The molecule has 2 nitrogen and oxygen atoms in total. The van der Waals surface area contributed by atoms with Crippen LogP contribution in [0.2, 0.25) is 0 Å². The van der Waals surface area contributed by atoms with Gasteiger partial charge >= 0.3 is 0 Å². The van der Waals surface area contributed by atoms with Gasteiger partial charge in [0.15, 0.2) is 5.78 Å². The van der Waals surface area contributed by atoms with E-state index in [9.17, 15) is 4.79 Å². The highest BCUT2D eigenvalue weighted by Crippen LogP contribution is 2.19. The maximum absolute atomic E-state index is 12.0. The summed E-state index contributed by atoms with van der Waals surface area (Å²) >= 11 is 2.39. The molecule has 1 atom stereocenters. The van der Waals surface area contributed by atoms with E-state index >= 15 is 0 Å². The predicted molar refractivity (Wildman–Crippen MR) is 83.9 cm³/mol. The number of methoxy groups -OCH3 is 1. The van der Waals surface area contributed by atoms with Gasteiger partial charge in [-0.3, -0.25) is 4.79 Å². The summed E-state index contributed by atoms with van der Waals surface area (Å²) < 4.78 is 5.53. The van der Waals surface area contributed by atoms with E-state index in [1.54, 1.807) is 7.11 Å². The molecule has 0 fully saturated rings. The van der Waals surface area contributed by atoms with E-state index in [0.717, 1.165) is 17.7 Å². The molecule has 0 bridgehead atoms. The van der Waals surface area contributed by atoms with Crippen molar-refractivity contribution in [3.05, 3.63) is 29.8 Å². The number of halogens is 1. The Hall–Kier alpha value is -0.580. The molecule has 18 heavy (non-hydrogen) atoms. The summed E-state index contributed by atoms with van der Waals surface area (Å²) in [6.07, 6.45) is 5.49. The van der Waals surface area contributed by atoms with Gasteiger partial charge in [0, 0.05) is 15.9 Å². The maximum Gasteiger partial charge on any atom is 0.163 e. The Bertz CT molecular complexity index is 359. The Balaban J connectivity index is 2.43. The topological polar surface area (TPSA) is 26.3 Å². The predicted octanol–water partition coefficient (Wildman–Crippen LogP) is 4.65. The molecular weight excluding hydrogens is 339 g/mol. The molecule has 1 rings (SSSR count). The summed E-state index contributed by atoms with van der Waals surface area (Å²) in [6.45, 7) is 2.20. The lowest BCUT2D eigenvalue weighted by Gasteiger charge is -2.09. The molecule has 0 amide bonds. The second-order valence-corrected chi connectivity index (χ2v) is 6.21. The van der Waals surface area contributed by atoms with Crippen LogP contribution < -0.4 is 4.74 Å². The van der Waals surface area contributed by atoms with E-state index in [4.69, 9.17) is 4.74 Å². The molecule has 0 radical (unpaired) electrons. The number of benzene rings is 1. The number of Topliss-reactive ketones (excluding diaryl/α,β-unsaturated/α-hetero) is 1. The molecular formula is C15H21IO2. The van der Waals surface area contributed by atoms with Crippen molar-refractivity contribution in [1.29, 1.82) is 0 Å². The van der Waals surface area contributed by atoms with Crippen molar-refractivity contribution in [2.24, 2.45) is 0 Å². The highest BCUT2D eigenvalue weighted by Gasteiger charge is 2.12. The van der Waals surface area contributed by atoms with Crippen LogP contribution in [0.25, 0.3) is 0 Å². The zero-order valence-corrected chi connectivity index (χ0v) is 13.3. The number of carbonyl (C=O) groups excluding carboxylic acids is 1.